The van der Waals surface area contributed by atoms with Crippen molar-refractivity contribution in [2.45, 2.75) is 17.1 Å². The van der Waals surface area contributed by atoms with Crippen molar-refractivity contribution in [3.8, 4) is 0 Å². The summed E-state index contributed by atoms with van der Waals surface area (Å²) in [6.07, 6.45) is 0. The minimum Gasteiger partial charge on any atom is -0.324 e. The van der Waals surface area contributed by atoms with E-state index in [-0.39, 0.29) is 17.1 Å². The van der Waals surface area contributed by atoms with E-state index in [0.717, 1.165) is 10.6 Å². The van der Waals surface area contributed by atoms with Crippen LogP contribution in [0.4, 0.5) is 11.4 Å². The Morgan fingerprint density at radius 2 is 1.95 bits per heavy atom. The minimum absolute atomic E-state index is 0.0440. The van der Waals surface area contributed by atoms with Crippen LogP contribution >= 0.6 is 11.8 Å². The smallest absolute Gasteiger partial charge is 0.269 e. The summed E-state index contributed by atoms with van der Waals surface area (Å²) >= 11 is 1.49. The van der Waals surface area contributed by atoms with E-state index in [2.05, 4.69) is 16.2 Å². The first-order valence-corrected chi connectivity index (χ1v) is 7.74. The van der Waals surface area contributed by atoms with Gasteiger partial charge in [-0.3, -0.25) is 20.4 Å². The standard InChI is InChI=1S/C16H15N3O2S/c1-10-15(20)17-13-9-11(7-8-14(13)22-10)16(21)19-18-12-5-3-2-4-6-12/h2-10,18H,1H3,(H,17,20)(H,19,21). The second-order valence-electron chi connectivity index (χ2n) is 4.91. The maximum Gasteiger partial charge on any atom is 0.269 e. The normalized spacial score (nSPS) is 16.4. The van der Waals surface area contributed by atoms with Gasteiger partial charge in [0.05, 0.1) is 16.6 Å². The molecule has 0 bridgehead atoms. The van der Waals surface area contributed by atoms with Crippen molar-refractivity contribution < 1.29 is 9.59 Å². The quantitative estimate of drug-likeness (QED) is 0.762. The number of nitrogens with one attached hydrogen (secondary N) is 3. The van der Waals surface area contributed by atoms with Crippen LogP contribution in [-0.2, 0) is 4.79 Å². The number of benzene rings is 2. The molecule has 0 aromatic heterocycles. The van der Waals surface area contributed by atoms with Gasteiger partial charge in [0.15, 0.2) is 0 Å². The van der Waals surface area contributed by atoms with Crippen LogP contribution in [0.1, 0.15) is 17.3 Å². The molecule has 112 valence electrons. The van der Waals surface area contributed by atoms with E-state index in [0.29, 0.717) is 11.3 Å². The van der Waals surface area contributed by atoms with Crippen molar-refractivity contribution in [2.75, 3.05) is 10.7 Å². The highest BCUT2D eigenvalue weighted by molar-refractivity contribution is 8.00. The molecular formula is C16H15N3O2S. The number of hydrogen-bond acceptors (Lipinski definition) is 4. The minimum atomic E-state index is -0.260. The van der Waals surface area contributed by atoms with E-state index < -0.39 is 0 Å². The fraction of sp³-hybridized carbons (Fsp3) is 0.125. The van der Waals surface area contributed by atoms with Crippen LogP contribution in [-0.4, -0.2) is 17.1 Å². The summed E-state index contributed by atoms with van der Waals surface area (Å²) < 4.78 is 0. The molecule has 0 saturated carbocycles. The van der Waals surface area contributed by atoms with Gasteiger partial charge in [0.2, 0.25) is 5.91 Å². The second kappa shape index (κ2) is 6.11. The van der Waals surface area contributed by atoms with E-state index in [1.54, 1.807) is 12.1 Å². The molecule has 0 fully saturated rings. The SMILES string of the molecule is CC1Sc2ccc(C(=O)NNc3ccccc3)cc2NC1=O. The summed E-state index contributed by atoms with van der Waals surface area (Å²) in [5.74, 6) is -0.304. The summed E-state index contributed by atoms with van der Waals surface area (Å²) in [5.41, 5.74) is 7.44. The third-order valence-corrected chi connectivity index (χ3v) is 4.44. The van der Waals surface area contributed by atoms with Crippen LogP contribution in [0.2, 0.25) is 0 Å². The van der Waals surface area contributed by atoms with E-state index in [1.807, 2.05) is 43.3 Å². The lowest BCUT2D eigenvalue weighted by atomic mass is 10.2. The van der Waals surface area contributed by atoms with Gasteiger partial charge in [0, 0.05) is 10.5 Å². The number of amides is 2. The molecule has 5 nitrogen and oxygen atoms in total. The van der Waals surface area contributed by atoms with Crippen LogP contribution in [0, 0.1) is 0 Å². The highest BCUT2D eigenvalue weighted by Gasteiger charge is 2.23. The summed E-state index contributed by atoms with van der Waals surface area (Å²) in [6.45, 7) is 1.85. The van der Waals surface area contributed by atoms with Gasteiger partial charge in [-0.05, 0) is 37.3 Å². The lowest BCUT2D eigenvalue weighted by molar-refractivity contribution is -0.115. The predicted molar refractivity (Wildman–Crippen MR) is 87.9 cm³/mol. The molecule has 2 aromatic rings. The number of anilines is 2. The molecule has 3 rings (SSSR count). The zero-order chi connectivity index (χ0) is 15.5. The van der Waals surface area contributed by atoms with Crippen LogP contribution in [0.15, 0.2) is 53.4 Å². The van der Waals surface area contributed by atoms with Crippen LogP contribution in [0.25, 0.3) is 0 Å². The lowest BCUT2D eigenvalue weighted by Gasteiger charge is -2.21. The van der Waals surface area contributed by atoms with Gasteiger partial charge in [-0.1, -0.05) is 18.2 Å². The zero-order valence-corrected chi connectivity index (χ0v) is 12.7. The Labute approximate surface area is 132 Å². The molecule has 6 heteroatoms. The molecule has 1 heterocycles. The fourth-order valence-corrected chi connectivity index (χ4v) is 3.00. The highest BCUT2D eigenvalue weighted by atomic mass is 32.2. The summed E-state index contributed by atoms with van der Waals surface area (Å²) in [7, 11) is 0. The molecule has 1 aliphatic rings. The maximum atomic E-state index is 12.2. The van der Waals surface area contributed by atoms with Crippen molar-refractivity contribution in [2.24, 2.45) is 0 Å². The highest BCUT2D eigenvalue weighted by Crippen LogP contribution is 2.35. The van der Waals surface area contributed by atoms with Gasteiger partial charge in [-0.2, -0.15) is 0 Å². The first kappa shape index (κ1) is 14.5. The molecule has 0 spiro atoms. The average molecular weight is 313 g/mol. The lowest BCUT2D eigenvalue weighted by Crippen LogP contribution is -2.30. The summed E-state index contributed by atoms with van der Waals surface area (Å²) in [5, 5.41) is 2.70. The maximum absolute atomic E-state index is 12.2. The Balaban J connectivity index is 1.71. The van der Waals surface area contributed by atoms with Crippen molar-refractivity contribution in [3.05, 3.63) is 54.1 Å². The number of thioether (sulfide) groups is 1. The Morgan fingerprint density at radius 1 is 1.18 bits per heavy atom. The van der Waals surface area contributed by atoms with Crippen molar-refractivity contribution in [1.29, 1.82) is 0 Å². The van der Waals surface area contributed by atoms with E-state index in [1.165, 1.54) is 11.8 Å². The number of hydrogen-bond donors (Lipinski definition) is 3. The largest absolute Gasteiger partial charge is 0.324 e. The predicted octanol–water partition coefficient (Wildman–Crippen LogP) is 2.88. The monoisotopic (exact) mass is 313 g/mol. The van der Waals surface area contributed by atoms with Crippen molar-refractivity contribution in [3.63, 3.8) is 0 Å². The topological polar surface area (TPSA) is 70.2 Å². The third kappa shape index (κ3) is 3.07. The number of rotatable bonds is 3. The van der Waals surface area contributed by atoms with Gasteiger partial charge >= 0.3 is 0 Å². The number of para-hydroxylation sites is 1. The Hall–Kier alpha value is -2.47. The first-order chi connectivity index (χ1) is 10.6. The van der Waals surface area contributed by atoms with Crippen LogP contribution in [0.5, 0.6) is 0 Å². The number of hydrazine groups is 1. The zero-order valence-electron chi connectivity index (χ0n) is 11.9. The molecule has 2 aromatic carbocycles. The Kier molecular flexibility index (Phi) is 4.02. The van der Waals surface area contributed by atoms with Crippen molar-refractivity contribution in [1.82, 2.24) is 5.43 Å². The molecule has 0 saturated heterocycles. The third-order valence-electron chi connectivity index (χ3n) is 3.27. The molecule has 3 N–H and O–H groups in total. The molecule has 1 aliphatic heterocycles. The van der Waals surface area contributed by atoms with Gasteiger partial charge in [0.1, 0.15) is 0 Å². The number of fused-ring (bicyclic) bond motifs is 1. The van der Waals surface area contributed by atoms with Crippen LogP contribution in [0.3, 0.4) is 0 Å². The van der Waals surface area contributed by atoms with Gasteiger partial charge in [-0.15, -0.1) is 11.8 Å². The molecule has 22 heavy (non-hydrogen) atoms. The van der Waals surface area contributed by atoms with E-state index in [4.69, 9.17) is 0 Å². The van der Waals surface area contributed by atoms with Gasteiger partial charge in [-0.25, -0.2) is 0 Å². The van der Waals surface area contributed by atoms with Gasteiger partial charge < -0.3 is 5.32 Å². The number of carbonyl (C=O) groups excluding carboxylic acids is 2. The first-order valence-electron chi connectivity index (χ1n) is 6.86. The average Bonchev–Trinajstić information content (AvgIpc) is 2.54. The molecule has 2 amide bonds. The Bertz CT molecular complexity index is 719. The van der Waals surface area contributed by atoms with Gasteiger partial charge in [0.25, 0.3) is 5.91 Å². The van der Waals surface area contributed by atoms with E-state index in [9.17, 15) is 9.59 Å². The summed E-state index contributed by atoms with van der Waals surface area (Å²) in [4.78, 5) is 24.8. The van der Waals surface area contributed by atoms with Crippen molar-refractivity contribution >= 4 is 35.0 Å². The molecule has 1 unspecified atom stereocenters. The molecule has 0 aliphatic carbocycles. The second-order valence-corrected chi connectivity index (χ2v) is 6.29. The number of carbonyl (C=O) groups is 2. The molecule has 0 radical (unpaired) electrons. The fourth-order valence-electron chi connectivity index (χ4n) is 2.07. The summed E-state index contributed by atoms with van der Waals surface area (Å²) in [6, 6.07) is 14.6. The molecule has 1 atom stereocenters. The Morgan fingerprint density at radius 3 is 2.73 bits per heavy atom. The van der Waals surface area contributed by atoms with E-state index >= 15 is 0 Å². The van der Waals surface area contributed by atoms with Crippen LogP contribution < -0.4 is 16.2 Å². The molecular weight excluding hydrogens is 298 g/mol.